The van der Waals surface area contributed by atoms with E-state index in [1.54, 1.807) is 24.3 Å². The smallest absolute Gasteiger partial charge is 0.262 e. The molecule has 2 rings (SSSR count). The van der Waals surface area contributed by atoms with Crippen LogP contribution in [0.3, 0.4) is 0 Å². The lowest BCUT2D eigenvalue weighted by Gasteiger charge is -2.14. The Hall–Kier alpha value is -2.82. The average molecular weight is 354 g/mol. The Morgan fingerprint density at radius 1 is 1.08 bits per heavy atom. The molecule has 0 aliphatic rings. The molecule has 0 atom stereocenters. The third-order valence-corrected chi connectivity index (χ3v) is 4.10. The first-order chi connectivity index (χ1) is 12.4. The van der Waals surface area contributed by atoms with Crippen LogP contribution in [0, 0.1) is 20.8 Å². The number of carbonyl (C=O) groups excluding carboxylic acids is 2. The molecule has 5 nitrogen and oxygen atoms in total. The standard InChI is InChI=1S/C21H26N2O3/c1-5-10-22-21(25)17-8-6-7-9-18(17)23-20(24)13-26-19-12-14(2)11-15(3)16(19)4/h6-9,11-12H,5,10,13H2,1-4H3,(H,22,25)(H,23,24). The first-order valence-corrected chi connectivity index (χ1v) is 8.80. The van der Waals surface area contributed by atoms with Crippen LogP contribution in [0.1, 0.15) is 40.4 Å². The predicted molar refractivity (Wildman–Crippen MR) is 104 cm³/mol. The SMILES string of the molecule is CCCNC(=O)c1ccccc1NC(=O)COc1cc(C)cc(C)c1C. The van der Waals surface area contributed by atoms with Crippen LogP contribution in [-0.4, -0.2) is 25.0 Å². The monoisotopic (exact) mass is 354 g/mol. The summed E-state index contributed by atoms with van der Waals surface area (Å²) < 4.78 is 5.69. The van der Waals surface area contributed by atoms with Crippen LogP contribution in [0.15, 0.2) is 36.4 Å². The van der Waals surface area contributed by atoms with Gasteiger partial charge in [0, 0.05) is 6.54 Å². The van der Waals surface area contributed by atoms with Crippen molar-refractivity contribution in [3.05, 3.63) is 58.7 Å². The van der Waals surface area contributed by atoms with Gasteiger partial charge in [0.05, 0.1) is 11.3 Å². The summed E-state index contributed by atoms with van der Waals surface area (Å²) in [4.78, 5) is 24.5. The summed E-state index contributed by atoms with van der Waals surface area (Å²) in [5.41, 5.74) is 4.14. The van der Waals surface area contributed by atoms with E-state index in [-0.39, 0.29) is 18.4 Å². The molecule has 0 aliphatic carbocycles. The van der Waals surface area contributed by atoms with Crippen LogP contribution in [-0.2, 0) is 4.79 Å². The van der Waals surface area contributed by atoms with E-state index in [9.17, 15) is 9.59 Å². The summed E-state index contributed by atoms with van der Waals surface area (Å²) in [6.07, 6.45) is 0.851. The summed E-state index contributed by atoms with van der Waals surface area (Å²) in [6, 6.07) is 10.9. The number of ether oxygens (including phenoxy) is 1. The molecule has 0 heterocycles. The summed E-state index contributed by atoms with van der Waals surface area (Å²) in [5, 5.41) is 5.58. The molecule has 2 N–H and O–H groups in total. The van der Waals surface area contributed by atoms with Gasteiger partial charge in [-0.2, -0.15) is 0 Å². The van der Waals surface area contributed by atoms with Gasteiger partial charge in [-0.05, 0) is 62.1 Å². The Balaban J connectivity index is 2.04. The van der Waals surface area contributed by atoms with Crippen LogP contribution < -0.4 is 15.4 Å². The number of anilines is 1. The van der Waals surface area contributed by atoms with Crippen LogP contribution in [0.25, 0.3) is 0 Å². The number of amides is 2. The number of hydrogen-bond acceptors (Lipinski definition) is 3. The Bertz CT molecular complexity index is 800. The average Bonchev–Trinajstić information content (AvgIpc) is 2.62. The van der Waals surface area contributed by atoms with Gasteiger partial charge < -0.3 is 15.4 Å². The highest BCUT2D eigenvalue weighted by molar-refractivity contribution is 6.04. The zero-order valence-electron chi connectivity index (χ0n) is 15.8. The maximum absolute atomic E-state index is 12.3. The molecule has 2 aromatic rings. The van der Waals surface area contributed by atoms with Crippen molar-refractivity contribution in [2.45, 2.75) is 34.1 Å². The highest BCUT2D eigenvalue weighted by atomic mass is 16.5. The topological polar surface area (TPSA) is 67.4 Å². The van der Waals surface area contributed by atoms with Gasteiger partial charge in [-0.25, -0.2) is 0 Å². The van der Waals surface area contributed by atoms with Crippen LogP contribution in [0.5, 0.6) is 5.75 Å². The number of rotatable bonds is 7. The van der Waals surface area contributed by atoms with Crippen LogP contribution in [0.2, 0.25) is 0 Å². The zero-order chi connectivity index (χ0) is 19.1. The maximum atomic E-state index is 12.3. The quantitative estimate of drug-likeness (QED) is 0.795. The number of carbonyl (C=O) groups is 2. The van der Waals surface area contributed by atoms with Crippen molar-refractivity contribution in [3.63, 3.8) is 0 Å². The summed E-state index contributed by atoms with van der Waals surface area (Å²) in [6.45, 7) is 8.44. The molecule has 0 fully saturated rings. The lowest BCUT2D eigenvalue weighted by atomic mass is 10.1. The van der Waals surface area contributed by atoms with E-state index in [1.807, 2.05) is 33.8 Å². The van der Waals surface area contributed by atoms with Crippen molar-refractivity contribution < 1.29 is 14.3 Å². The highest BCUT2D eigenvalue weighted by Gasteiger charge is 2.13. The molecule has 0 aliphatic heterocycles. The minimum absolute atomic E-state index is 0.116. The number of hydrogen-bond donors (Lipinski definition) is 2. The molecular formula is C21H26N2O3. The van der Waals surface area contributed by atoms with E-state index in [0.29, 0.717) is 23.5 Å². The molecule has 0 bridgehead atoms. The van der Waals surface area contributed by atoms with E-state index < -0.39 is 0 Å². The lowest BCUT2D eigenvalue weighted by Crippen LogP contribution is -2.27. The molecule has 0 saturated carbocycles. The fourth-order valence-corrected chi connectivity index (χ4v) is 2.60. The molecule has 5 heteroatoms. The van der Waals surface area contributed by atoms with Gasteiger partial charge in [0.2, 0.25) is 0 Å². The van der Waals surface area contributed by atoms with Crippen molar-refractivity contribution in [2.24, 2.45) is 0 Å². The number of para-hydroxylation sites is 1. The summed E-state index contributed by atoms with van der Waals surface area (Å²) in [7, 11) is 0. The van der Waals surface area contributed by atoms with Crippen molar-refractivity contribution in [3.8, 4) is 5.75 Å². The van der Waals surface area contributed by atoms with Gasteiger partial charge in [-0.15, -0.1) is 0 Å². The number of nitrogens with one attached hydrogen (secondary N) is 2. The van der Waals surface area contributed by atoms with Crippen molar-refractivity contribution in [1.82, 2.24) is 5.32 Å². The number of benzene rings is 2. The Kier molecular flexibility index (Phi) is 6.78. The van der Waals surface area contributed by atoms with E-state index in [2.05, 4.69) is 16.7 Å². The second kappa shape index (κ2) is 9.04. The largest absolute Gasteiger partial charge is 0.483 e. The normalized spacial score (nSPS) is 10.3. The van der Waals surface area contributed by atoms with Gasteiger partial charge in [-0.3, -0.25) is 9.59 Å². The van der Waals surface area contributed by atoms with Gasteiger partial charge in [-0.1, -0.05) is 25.1 Å². The molecule has 26 heavy (non-hydrogen) atoms. The molecule has 0 unspecified atom stereocenters. The molecule has 0 saturated heterocycles. The van der Waals surface area contributed by atoms with Crippen molar-refractivity contribution >= 4 is 17.5 Å². The van der Waals surface area contributed by atoms with E-state index in [4.69, 9.17) is 4.74 Å². The first kappa shape index (κ1) is 19.5. The molecule has 2 aromatic carbocycles. The second-order valence-corrected chi connectivity index (χ2v) is 6.34. The van der Waals surface area contributed by atoms with Crippen molar-refractivity contribution in [1.29, 1.82) is 0 Å². The fraction of sp³-hybridized carbons (Fsp3) is 0.333. The van der Waals surface area contributed by atoms with E-state index >= 15 is 0 Å². The van der Waals surface area contributed by atoms with Crippen LogP contribution >= 0.6 is 0 Å². The zero-order valence-corrected chi connectivity index (χ0v) is 15.8. The van der Waals surface area contributed by atoms with Crippen molar-refractivity contribution in [2.75, 3.05) is 18.5 Å². The Morgan fingerprint density at radius 2 is 1.81 bits per heavy atom. The third-order valence-electron chi connectivity index (χ3n) is 4.10. The molecule has 0 spiro atoms. The molecule has 2 amide bonds. The number of aryl methyl sites for hydroxylation is 2. The predicted octanol–water partition coefficient (Wildman–Crippen LogP) is 3.77. The minimum Gasteiger partial charge on any atom is -0.483 e. The Morgan fingerprint density at radius 3 is 2.54 bits per heavy atom. The van der Waals surface area contributed by atoms with Gasteiger partial charge >= 0.3 is 0 Å². The molecular weight excluding hydrogens is 328 g/mol. The molecule has 138 valence electrons. The highest BCUT2D eigenvalue weighted by Crippen LogP contribution is 2.23. The molecule has 0 aromatic heterocycles. The third kappa shape index (κ3) is 5.09. The lowest BCUT2D eigenvalue weighted by molar-refractivity contribution is -0.118. The minimum atomic E-state index is -0.306. The maximum Gasteiger partial charge on any atom is 0.262 e. The fourth-order valence-electron chi connectivity index (χ4n) is 2.60. The van der Waals surface area contributed by atoms with Gasteiger partial charge in [0.1, 0.15) is 5.75 Å². The van der Waals surface area contributed by atoms with Gasteiger partial charge in [0.25, 0.3) is 11.8 Å². The van der Waals surface area contributed by atoms with Crippen LogP contribution in [0.4, 0.5) is 5.69 Å². The summed E-state index contributed by atoms with van der Waals surface area (Å²) >= 11 is 0. The second-order valence-electron chi connectivity index (χ2n) is 6.34. The van der Waals surface area contributed by atoms with Gasteiger partial charge in [0.15, 0.2) is 6.61 Å². The molecule has 0 radical (unpaired) electrons. The van der Waals surface area contributed by atoms with E-state index in [1.165, 1.54) is 0 Å². The summed E-state index contributed by atoms with van der Waals surface area (Å²) in [5.74, 6) is 0.194. The van der Waals surface area contributed by atoms with E-state index in [0.717, 1.165) is 23.1 Å². The Labute approximate surface area is 154 Å². The first-order valence-electron chi connectivity index (χ1n) is 8.80.